The highest BCUT2D eigenvalue weighted by molar-refractivity contribution is 5.53. The third-order valence-corrected chi connectivity index (χ3v) is 2.72. The highest BCUT2D eigenvalue weighted by atomic mass is 15.3. The van der Waals surface area contributed by atoms with Crippen molar-refractivity contribution in [3.63, 3.8) is 0 Å². The summed E-state index contributed by atoms with van der Waals surface area (Å²) in [6.45, 7) is 3.94. The number of pyridine rings is 1. The van der Waals surface area contributed by atoms with E-state index in [2.05, 4.69) is 15.1 Å². The van der Waals surface area contributed by atoms with Crippen molar-refractivity contribution in [3.05, 3.63) is 36.0 Å². The molecule has 17 heavy (non-hydrogen) atoms. The number of aryl methyl sites for hydroxylation is 2. The van der Waals surface area contributed by atoms with Crippen molar-refractivity contribution < 1.29 is 0 Å². The van der Waals surface area contributed by atoms with E-state index in [1.54, 1.807) is 10.7 Å². The predicted molar refractivity (Wildman–Crippen MR) is 64.0 cm³/mol. The Morgan fingerprint density at radius 1 is 1.29 bits per heavy atom. The van der Waals surface area contributed by atoms with Gasteiger partial charge in [-0.1, -0.05) is 0 Å². The molecule has 0 spiro atoms. The van der Waals surface area contributed by atoms with Gasteiger partial charge in [0.05, 0.1) is 11.9 Å². The summed E-state index contributed by atoms with van der Waals surface area (Å²) in [5, 5.41) is 4.12. The van der Waals surface area contributed by atoms with Crippen molar-refractivity contribution in [2.75, 3.05) is 5.73 Å². The molecule has 0 bridgehead atoms. The molecule has 0 unspecified atom stereocenters. The van der Waals surface area contributed by atoms with Crippen molar-refractivity contribution >= 4 is 11.6 Å². The molecular formula is C11H12N6. The van der Waals surface area contributed by atoms with Gasteiger partial charge in [0.15, 0.2) is 5.65 Å². The molecule has 2 N–H and O–H groups in total. The molecule has 0 atom stereocenters. The fraction of sp³-hybridized carbons (Fsp3) is 0.182. The Bertz CT molecular complexity index is 693. The summed E-state index contributed by atoms with van der Waals surface area (Å²) in [5.74, 6) is 1.21. The first kappa shape index (κ1) is 9.83. The Labute approximate surface area is 97.7 Å². The van der Waals surface area contributed by atoms with Crippen LogP contribution in [0, 0.1) is 13.8 Å². The van der Waals surface area contributed by atoms with Gasteiger partial charge in [-0.3, -0.25) is 0 Å². The number of imidazole rings is 1. The number of aromatic nitrogens is 5. The van der Waals surface area contributed by atoms with E-state index >= 15 is 0 Å². The molecule has 0 aromatic carbocycles. The van der Waals surface area contributed by atoms with Gasteiger partial charge in [-0.2, -0.15) is 4.98 Å². The third kappa shape index (κ3) is 1.45. The largest absolute Gasteiger partial charge is 0.366 e. The molecule has 6 heteroatoms. The number of hydrogen-bond donors (Lipinski definition) is 1. The third-order valence-electron chi connectivity index (χ3n) is 2.72. The molecule has 0 aliphatic rings. The van der Waals surface area contributed by atoms with Crippen molar-refractivity contribution in [3.8, 4) is 5.69 Å². The quantitative estimate of drug-likeness (QED) is 0.677. The van der Waals surface area contributed by atoms with Crippen LogP contribution in [-0.2, 0) is 0 Å². The second-order valence-electron chi connectivity index (χ2n) is 3.96. The van der Waals surface area contributed by atoms with Crippen LogP contribution < -0.4 is 5.73 Å². The molecule has 86 valence electrons. The Kier molecular flexibility index (Phi) is 1.91. The van der Waals surface area contributed by atoms with Crippen LogP contribution in [0.5, 0.6) is 0 Å². The predicted octanol–water partition coefficient (Wildman–Crippen LogP) is 1.11. The fourth-order valence-electron chi connectivity index (χ4n) is 1.93. The zero-order valence-electron chi connectivity index (χ0n) is 9.62. The Morgan fingerprint density at radius 2 is 2.12 bits per heavy atom. The summed E-state index contributed by atoms with van der Waals surface area (Å²) in [6.07, 6.45) is 5.57. The number of nitrogens with zero attached hydrogens (tertiary/aromatic N) is 5. The Morgan fingerprint density at radius 3 is 2.82 bits per heavy atom. The van der Waals surface area contributed by atoms with Gasteiger partial charge in [0.25, 0.3) is 0 Å². The van der Waals surface area contributed by atoms with E-state index in [4.69, 9.17) is 5.73 Å². The van der Waals surface area contributed by atoms with E-state index in [1.165, 1.54) is 0 Å². The van der Waals surface area contributed by atoms with Gasteiger partial charge < -0.3 is 10.3 Å². The van der Waals surface area contributed by atoms with Gasteiger partial charge in [0.1, 0.15) is 5.82 Å². The molecule has 0 amide bonds. The lowest BCUT2D eigenvalue weighted by Crippen LogP contribution is -2.00. The Balaban J connectivity index is 2.28. The highest BCUT2D eigenvalue weighted by Crippen LogP contribution is 2.16. The molecule has 0 fully saturated rings. The lowest BCUT2D eigenvalue weighted by atomic mass is 10.3. The van der Waals surface area contributed by atoms with Crippen molar-refractivity contribution in [2.24, 2.45) is 0 Å². The molecule has 3 aromatic rings. The van der Waals surface area contributed by atoms with Crippen LogP contribution in [0.2, 0.25) is 0 Å². The number of hydrogen-bond acceptors (Lipinski definition) is 4. The first-order valence-electron chi connectivity index (χ1n) is 5.28. The summed E-state index contributed by atoms with van der Waals surface area (Å²) in [4.78, 5) is 8.36. The standard InChI is InChI=1S/C11H12N6/c1-7-5-9(16-4-3-13-8(16)2)6-17-10(7)14-11(12)15-17/h3-6H,1-2H3,(H2,12,15). The Hall–Kier alpha value is -2.37. The van der Waals surface area contributed by atoms with Gasteiger partial charge in [-0.15, -0.1) is 5.10 Å². The molecule has 0 saturated heterocycles. The zero-order chi connectivity index (χ0) is 12.0. The molecular weight excluding hydrogens is 216 g/mol. The zero-order valence-corrected chi connectivity index (χ0v) is 9.62. The number of rotatable bonds is 1. The SMILES string of the molecule is Cc1cc(-n2ccnc2C)cn2nc(N)nc12. The maximum Gasteiger partial charge on any atom is 0.240 e. The lowest BCUT2D eigenvalue weighted by Gasteiger charge is -2.06. The second-order valence-corrected chi connectivity index (χ2v) is 3.96. The van der Waals surface area contributed by atoms with E-state index in [0.29, 0.717) is 0 Å². The lowest BCUT2D eigenvalue weighted by molar-refractivity contribution is 0.910. The maximum absolute atomic E-state index is 5.60. The highest BCUT2D eigenvalue weighted by Gasteiger charge is 2.07. The van der Waals surface area contributed by atoms with E-state index in [0.717, 1.165) is 22.7 Å². The molecule has 0 aliphatic carbocycles. The molecule has 0 saturated carbocycles. The molecule has 0 radical (unpaired) electrons. The second kappa shape index (κ2) is 3.31. The van der Waals surface area contributed by atoms with Crippen LogP contribution in [0.15, 0.2) is 24.7 Å². The minimum atomic E-state index is 0.285. The molecule has 0 aliphatic heterocycles. The van der Waals surface area contributed by atoms with Crippen LogP contribution in [0.1, 0.15) is 11.4 Å². The number of nitrogens with two attached hydrogens (primary N) is 1. The minimum absolute atomic E-state index is 0.285. The number of anilines is 1. The molecule has 3 aromatic heterocycles. The van der Waals surface area contributed by atoms with Crippen LogP contribution in [0.25, 0.3) is 11.3 Å². The summed E-state index contributed by atoms with van der Waals surface area (Å²) < 4.78 is 3.68. The summed E-state index contributed by atoms with van der Waals surface area (Å²) in [6, 6.07) is 2.04. The molecule has 3 rings (SSSR count). The molecule has 3 heterocycles. The van der Waals surface area contributed by atoms with Gasteiger partial charge in [0.2, 0.25) is 5.95 Å². The number of nitrogen functional groups attached to an aromatic ring is 1. The summed E-state index contributed by atoms with van der Waals surface area (Å²) >= 11 is 0. The first-order chi connectivity index (χ1) is 8.15. The van der Waals surface area contributed by atoms with E-state index in [1.807, 2.05) is 36.9 Å². The molecule has 6 nitrogen and oxygen atoms in total. The van der Waals surface area contributed by atoms with Gasteiger partial charge >= 0.3 is 0 Å². The van der Waals surface area contributed by atoms with Crippen molar-refractivity contribution in [1.29, 1.82) is 0 Å². The summed E-state index contributed by atoms with van der Waals surface area (Å²) in [7, 11) is 0. The van der Waals surface area contributed by atoms with Gasteiger partial charge in [0, 0.05) is 12.4 Å². The van der Waals surface area contributed by atoms with Crippen LogP contribution in [0.4, 0.5) is 5.95 Å². The normalized spacial score (nSPS) is 11.2. The average Bonchev–Trinajstić information content (AvgIpc) is 2.83. The van der Waals surface area contributed by atoms with E-state index < -0.39 is 0 Å². The van der Waals surface area contributed by atoms with E-state index in [9.17, 15) is 0 Å². The fourth-order valence-corrected chi connectivity index (χ4v) is 1.93. The number of fused-ring (bicyclic) bond motifs is 1. The van der Waals surface area contributed by atoms with Gasteiger partial charge in [-0.25, -0.2) is 9.50 Å². The first-order valence-corrected chi connectivity index (χ1v) is 5.28. The van der Waals surface area contributed by atoms with Gasteiger partial charge in [-0.05, 0) is 25.5 Å². The topological polar surface area (TPSA) is 74.0 Å². The monoisotopic (exact) mass is 228 g/mol. The van der Waals surface area contributed by atoms with Crippen LogP contribution in [0.3, 0.4) is 0 Å². The smallest absolute Gasteiger partial charge is 0.240 e. The van der Waals surface area contributed by atoms with Crippen molar-refractivity contribution in [2.45, 2.75) is 13.8 Å². The van der Waals surface area contributed by atoms with E-state index in [-0.39, 0.29) is 5.95 Å². The van der Waals surface area contributed by atoms with Crippen molar-refractivity contribution in [1.82, 2.24) is 24.1 Å². The van der Waals surface area contributed by atoms with Crippen LogP contribution >= 0.6 is 0 Å². The average molecular weight is 228 g/mol. The van der Waals surface area contributed by atoms with Crippen LogP contribution in [-0.4, -0.2) is 24.1 Å². The maximum atomic E-state index is 5.60. The minimum Gasteiger partial charge on any atom is -0.366 e. The summed E-state index contributed by atoms with van der Waals surface area (Å²) in [5.41, 5.74) is 8.40.